The first-order valence-corrected chi connectivity index (χ1v) is 7.46. The van der Waals surface area contributed by atoms with Crippen molar-refractivity contribution in [2.24, 2.45) is 5.92 Å². The Kier molecular flexibility index (Phi) is 4.14. The lowest BCUT2D eigenvalue weighted by Crippen LogP contribution is -2.33. The lowest BCUT2D eigenvalue weighted by Gasteiger charge is -2.31. The topological polar surface area (TPSA) is 33.3 Å². The minimum absolute atomic E-state index is 0.0612. The molecule has 1 aromatic carbocycles. The number of benzene rings is 1. The second-order valence-electron chi connectivity index (χ2n) is 5.85. The number of aryl methyl sites for hydroxylation is 1. The maximum absolute atomic E-state index is 12.8. The summed E-state index contributed by atoms with van der Waals surface area (Å²) in [7, 11) is 0. The van der Waals surface area contributed by atoms with Gasteiger partial charge in [-0.15, -0.1) is 0 Å². The zero-order chi connectivity index (χ0) is 15.7. The van der Waals surface area contributed by atoms with Gasteiger partial charge < -0.3 is 10.2 Å². The van der Waals surface area contributed by atoms with Gasteiger partial charge in [-0.25, -0.2) is 0 Å². The number of nitrogens with one attached hydrogen (secondary N) is 2. The molecule has 6 heteroatoms. The molecule has 0 bridgehead atoms. The molecule has 1 aromatic rings. The molecule has 0 aliphatic carbocycles. The van der Waals surface area contributed by atoms with Gasteiger partial charge in [0.15, 0.2) is 0 Å². The number of hydrogen-bond donors (Lipinski definition) is 2. The average Bonchev–Trinajstić information content (AvgIpc) is 3.00. The molecule has 1 saturated heterocycles. The first-order valence-electron chi connectivity index (χ1n) is 7.46. The molecule has 0 aromatic heterocycles. The van der Waals surface area contributed by atoms with E-state index >= 15 is 0 Å². The Labute approximate surface area is 127 Å². The number of allylic oxidation sites excluding steroid dienone is 1. The second-order valence-corrected chi connectivity index (χ2v) is 5.85. The van der Waals surface area contributed by atoms with E-state index < -0.39 is 11.7 Å². The van der Waals surface area contributed by atoms with Gasteiger partial charge in [0, 0.05) is 12.0 Å². The van der Waals surface area contributed by atoms with Crippen LogP contribution in [0.5, 0.6) is 0 Å². The second kappa shape index (κ2) is 5.93. The van der Waals surface area contributed by atoms with Crippen molar-refractivity contribution in [3.63, 3.8) is 0 Å². The van der Waals surface area contributed by atoms with E-state index in [1.807, 2.05) is 6.08 Å². The van der Waals surface area contributed by atoms with Crippen LogP contribution in [0.2, 0.25) is 0 Å². The van der Waals surface area contributed by atoms with Crippen LogP contribution in [-0.4, -0.2) is 13.1 Å². The van der Waals surface area contributed by atoms with Gasteiger partial charge in [0.1, 0.15) is 5.76 Å². The number of halogens is 3. The highest BCUT2D eigenvalue weighted by molar-refractivity contribution is 5.35. The average molecular weight is 312 g/mol. The highest BCUT2D eigenvalue weighted by atomic mass is 19.4. The molecule has 2 aliphatic heterocycles. The molecule has 1 fully saturated rings. The van der Waals surface area contributed by atoms with Crippen LogP contribution in [0.4, 0.5) is 13.2 Å². The van der Waals surface area contributed by atoms with Crippen LogP contribution in [0, 0.1) is 12.8 Å². The van der Waals surface area contributed by atoms with Crippen molar-refractivity contribution in [3.05, 3.63) is 46.7 Å². The fraction of sp³-hybridized carbons (Fsp3) is 0.500. The summed E-state index contributed by atoms with van der Waals surface area (Å²) in [5, 5.41) is 3.40. The van der Waals surface area contributed by atoms with Crippen LogP contribution in [0.25, 0.3) is 0 Å². The Morgan fingerprint density at radius 2 is 2.09 bits per heavy atom. The van der Waals surface area contributed by atoms with Gasteiger partial charge in [-0.3, -0.25) is 0 Å². The summed E-state index contributed by atoms with van der Waals surface area (Å²) < 4.78 is 38.3. The van der Waals surface area contributed by atoms with E-state index in [-0.39, 0.29) is 6.04 Å². The summed E-state index contributed by atoms with van der Waals surface area (Å²) in [5.41, 5.74) is 3.84. The fourth-order valence-corrected chi connectivity index (χ4v) is 3.21. The van der Waals surface area contributed by atoms with Crippen molar-refractivity contribution in [2.45, 2.75) is 32.0 Å². The summed E-state index contributed by atoms with van der Waals surface area (Å²) in [6, 6.07) is 4.06. The summed E-state index contributed by atoms with van der Waals surface area (Å²) >= 11 is 0. The molecular weight excluding hydrogens is 293 g/mol. The third kappa shape index (κ3) is 3.13. The van der Waals surface area contributed by atoms with E-state index in [0.717, 1.165) is 30.7 Å². The molecule has 2 aliphatic rings. The third-order valence-electron chi connectivity index (χ3n) is 4.36. The highest BCUT2D eigenvalue weighted by Crippen LogP contribution is 2.36. The van der Waals surface area contributed by atoms with Gasteiger partial charge >= 0.3 is 6.18 Å². The molecule has 22 heavy (non-hydrogen) atoms. The van der Waals surface area contributed by atoms with Gasteiger partial charge in [0.25, 0.3) is 0 Å². The van der Waals surface area contributed by atoms with Crippen molar-refractivity contribution in [2.75, 3.05) is 13.1 Å². The lowest BCUT2D eigenvalue weighted by molar-refractivity contribution is -0.137. The smallest absolute Gasteiger partial charge is 0.413 e. The molecule has 2 atom stereocenters. The number of hydrogen-bond acceptors (Lipinski definition) is 3. The Morgan fingerprint density at radius 1 is 1.27 bits per heavy atom. The number of piperidine rings is 1. The monoisotopic (exact) mass is 312 g/mol. The molecule has 3 nitrogen and oxygen atoms in total. The van der Waals surface area contributed by atoms with Crippen LogP contribution < -0.4 is 10.8 Å². The zero-order valence-corrected chi connectivity index (χ0v) is 12.3. The third-order valence-corrected chi connectivity index (χ3v) is 4.36. The first kappa shape index (κ1) is 15.4. The van der Waals surface area contributed by atoms with E-state index in [1.165, 1.54) is 12.1 Å². The number of rotatable bonds is 2. The first-order chi connectivity index (χ1) is 10.4. The number of alkyl halides is 3. The minimum Gasteiger partial charge on any atom is -0.413 e. The summed E-state index contributed by atoms with van der Waals surface area (Å²) in [4.78, 5) is 5.41. The van der Waals surface area contributed by atoms with Crippen LogP contribution >= 0.6 is 0 Å². The van der Waals surface area contributed by atoms with Gasteiger partial charge in [0.2, 0.25) is 0 Å². The SMILES string of the molecule is Cc1cc(C(F)(F)F)ccc1[C@H]1C[C@@H](C2=CCNO2)CCN1. The Balaban J connectivity index is 1.78. The molecule has 0 saturated carbocycles. The van der Waals surface area contributed by atoms with Crippen molar-refractivity contribution < 1.29 is 18.0 Å². The van der Waals surface area contributed by atoms with Crippen LogP contribution in [0.3, 0.4) is 0 Å². The molecule has 0 unspecified atom stereocenters. The predicted octanol–water partition coefficient (Wildman–Crippen LogP) is 3.47. The van der Waals surface area contributed by atoms with Crippen molar-refractivity contribution in [1.82, 2.24) is 10.8 Å². The minimum atomic E-state index is -4.29. The maximum atomic E-state index is 12.8. The summed E-state index contributed by atoms with van der Waals surface area (Å²) in [6.45, 7) is 3.28. The van der Waals surface area contributed by atoms with Crippen LogP contribution in [0.15, 0.2) is 30.0 Å². The van der Waals surface area contributed by atoms with Gasteiger partial charge in [-0.2, -0.15) is 18.7 Å². The standard InChI is InChI=1S/C16H19F3N2O/c1-10-8-12(16(17,18)19)2-3-13(10)14-9-11(4-6-20-14)15-5-7-21-22-15/h2-3,5,8,11,14,20-21H,4,6-7,9H2,1H3/t11-,14+/m0/s1. The Morgan fingerprint density at radius 3 is 2.73 bits per heavy atom. The maximum Gasteiger partial charge on any atom is 0.416 e. The van der Waals surface area contributed by atoms with E-state index in [0.29, 0.717) is 18.0 Å². The van der Waals surface area contributed by atoms with E-state index in [1.54, 1.807) is 13.0 Å². The molecule has 3 rings (SSSR count). The Bertz CT molecular complexity index is 583. The largest absolute Gasteiger partial charge is 0.416 e. The summed E-state index contributed by atoms with van der Waals surface area (Å²) in [6.07, 6.45) is -0.448. The summed E-state index contributed by atoms with van der Waals surface area (Å²) in [5.74, 6) is 1.26. The molecular formula is C16H19F3N2O. The van der Waals surface area contributed by atoms with Gasteiger partial charge in [-0.1, -0.05) is 6.07 Å². The quantitative estimate of drug-likeness (QED) is 0.877. The molecule has 0 amide bonds. The predicted molar refractivity (Wildman–Crippen MR) is 76.8 cm³/mol. The molecule has 2 heterocycles. The van der Waals surface area contributed by atoms with E-state index in [2.05, 4.69) is 10.8 Å². The molecule has 2 N–H and O–H groups in total. The number of hydroxylamine groups is 1. The van der Waals surface area contributed by atoms with Crippen molar-refractivity contribution in [3.8, 4) is 0 Å². The fourth-order valence-electron chi connectivity index (χ4n) is 3.21. The molecule has 120 valence electrons. The Hall–Kier alpha value is -1.53. The van der Waals surface area contributed by atoms with Crippen molar-refractivity contribution in [1.29, 1.82) is 0 Å². The van der Waals surface area contributed by atoms with E-state index in [4.69, 9.17) is 4.84 Å². The zero-order valence-electron chi connectivity index (χ0n) is 12.3. The molecule has 0 radical (unpaired) electrons. The van der Waals surface area contributed by atoms with Crippen LogP contribution in [0.1, 0.15) is 35.6 Å². The molecule has 0 spiro atoms. The highest BCUT2D eigenvalue weighted by Gasteiger charge is 2.32. The van der Waals surface area contributed by atoms with Crippen molar-refractivity contribution >= 4 is 0 Å². The van der Waals surface area contributed by atoms with E-state index in [9.17, 15) is 13.2 Å². The van der Waals surface area contributed by atoms with Gasteiger partial charge in [0.05, 0.1) is 12.1 Å². The van der Waals surface area contributed by atoms with Crippen LogP contribution in [-0.2, 0) is 11.0 Å². The normalized spacial score (nSPS) is 25.7. The lowest BCUT2D eigenvalue weighted by atomic mass is 9.85. The van der Waals surface area contributed by atoms with Gasteiger partial charge in [-0.05, 0) is 55.6 Å².